The number of anilines is 2. The summed E-state index contributed by atoms with van der Waals surface area (Å²) in [6, 6.07) is 7.89. The zero-order chi connectivity index (χ0) is 14.5. The van der Waals surface area contributed by atoms with Crippen LogP contribution in [0.4, 0.5) is 11.6 Å². The van der Waals surface area contributed by atoms with Gasteiger partial charge in [0.2, 0.25) is 5.95 Å². The van der Waals surface area contributed by atoms with Crippen LogP contribution in [-0.2, 0) is 0 Å². The molecule has 0 saturated heterocycles. The van der Waals surface area contributed by atoms with E-state index in [0.29, 0.717) is 5.69 Å². The number of benzene rings is 1. The van der Waals surface area contributed by atoms with Crippen molar-refractivity contribution in [2.45, 2.75) is 6.92 Å². The Morgan fingerprint density at radius 1 is 1.25 bits per heavy atom. The summed E-state index contributed by atoms with van der Waals surface area (Å²) in [5.74, 6) is 0.210. The maximum absolute atomic E-state index is 11.3. The minimum Gasteiger partial charge on any atom is -0.378 e. The second-order valence-corrected chi connectivity index (χ2v) is 4.44. The smallest absolute Gasteiger partial charge is 0.274 e. The van der Waals surface area contributed by atoms with Gasteiger partial charge < -0.3 is 4.90 Å². The molecular weight excluding hydrogens is 256 g/mol. The van der Waals surface area contributed by atoms with Gasteiger partial charge in [0.1, 0.15) is 5.69 Å². The molecule has 7 heteroatoms. The van der Waals surface area contributed by atoms with Crippen molar-refractivity contribution >= 4 is 17.9 Å². The molecule has 2 rings (SSSR count). The van der Waals surface area contributed by atoms with Crippen molar-refractivity contribution in [3.63, 3.8) is 0 Å². The molecule has 0 radical (unpaired) electrons. The molecule has 0 aliphatic heterocycles. The molecule has 0 aliphatic rings. The molecule has 20 heavy (non-hydrogen) atoms. The lowest BCUT2D eigenvalue weighted by atomic mass is 10.2. The van der Waals surface area contributed by atoms with Crippen LogP contribution in [0.3, 0.4) is 0 Å². The van der Waals surface area contributed by atoms with Gasteiger partial charge in [-0.3, -0.25) is 9.78 Å². The fourth-order valence-electron chi connectivity index (χ4n) is 1.47. The lowest BCUT2D eigenvalue weighted by Gasteiger charge is -2.11. The number of hydrogen-bond acceptors (Lipinski definition) is 6. The predicted octanol–water partition coefficient (Wildman–Crippen LogP) is 0.985. The number of rotatable bonds is 4. The van der Waals surface area contributed by atoms with E-state index in [9.17, 15) is 4.79 Å². The predicted molar refractivity (Wildman–Crippen MR) is 79.4 cm³/mol. The lowest BCUT2D eigenvalue weighted by Crippen LogP contribution is -2.15. The molecule has 1 aromatic carbocycles. The first-order valence-electron chi connectivity index (χ1n) is 6.06. The van der Waals surface area contributed by atoms with E-state index in [2.05, 4.69) is 25.7 Å². The van der Waals surface area contributed by atoms with E-state index in [4.69, 9.17) is 0 Å². The van der Waals surface area contributed by atoms with Crippen LogP contribution >= 0.6 is 0 Å². The second kappa shape index (κ2) is 5.96. The topological polar surface area (TPSA) is 86.3 Å². The lowest BCUT2D eigenvalue weighted by molar-refractivity contribution is 0.897. The molecule has 0 amide bonds. The van der Waals surface area contributed by atoms with Gasteiger partial charge in [-0.1, -0.05) is 12.1 Å². The maximum Gasteiger partial charge on any atom is 0.274 e. The molecule has 0 atom stereocenters. The molecule has 1 aromatic heterocycles. The Balaban J connectivity index is 2.02. The summed E-state index contributed by atoms with van der Waals surface area (Å²) in [5, 5.41) is 11.5. The van der Waals surface area contributed by atoms with Crippen molar-refractivity contribution in [3.05, 3.63) is 45.9 Å². The quantitative estimate of drug-likeness (QED) is 0.640. The molecule has 0 aliphatic carbocycles. The number of hydrogen-bond donors (Lipinski definition) is 2. The van der Waals surface area contributed by atoms with Crippen LogP contribution in [0.5, 0.6) is 0 Å². The van der Waals surface area contributed by atoms with Gasteiger partial charge in [0.05, 0.1) is 6.21 Å². The Bertz CT molecular complexity index is 659. The van der Waals surface area contributed by atoms with Gasteiger partial charge in [-0.25, -0.2) is 5.43 Å². The van der Waals surface area contributed by atoms with Crippen molar-refractivity contribution in [1.82, 2.24) is 15.2 Å². The highest BCUT2D eigenvalue weighted by Gasteiger charge is 1.98. The van der Waals surface area contributed by atoms with E-state index in [1.807, 2.05) is 43.3 Å². The molecule has 1 heterocycles. The molecule has 2 aromatic rings. The standard InChI is InChI=1S/C13H16N6O/c1-9-12(20)15-13(18-16-9)17-14-8-10-4-6-11(7-5-10)19(2)3/h4-8H,1-3H3,(H2,15,17,18,20)/b14-8+. The third-order valence-corrected chi connectivity index (χ3v) is 2.65. The van der Waals surface area contributed by atoms with Gasteiger partial charge >= 0.3 is 0 Å². The molecule has 0 spiro atoms. The monoisotopic (exact) mass is 272 g/mol. The van der Waals surface area contributed by atoms with Gasteiger partial charge in [0.25, 0.3) is 5.56 Å². The van der Waals surface area contributed by atoms with E-state index in [1.54, 1.807) is 13.1 Å². The SMILES string of the molecule is Cc1nnc(N/N=C/c2ccc(N(C)C)cc2)[nH]c1=O. The van der Waals surface area contributed by atoms with Crippen LogP contribution in [0, 0.1) is 6.92 Å². The molecule has 0 unspecified atom stereocenters. The highest BCUT2D eigenvalue weighted by Crippen LogP contribution is 2.10. The largest absolute Gasteiger partial charge is 0.378 e. The number of aromatic amines is 1. The minimum absolute atomic E-state index is 0.210. The summed E-state index contributed by atoms with van der Waals surface area (Å²) in [7, 11) is 3.97. The summed E-state index contributed by atoms with van der Waals surface area (Å²) in [6.45, 7) is 1.59. The zero-order valence-electron chi connectivity index (χ0n) is 11.6. The van der Waals surface area contributed by atoms with Gasteiger partial charge in [0, 0.05) is 19.8 Å². The van der Waals surface area contributed by atoms with Crippen LogP contribution in [0.15, 0.2) is 34.2 Å². The highest BCUT2D eigenvalue weighted by atomic mass is 16.1. The van der Waals surface area contributed by atoms with Crippen LogP contribution in [-0.4, -0.2) is 35.5 Å². The van der Waals surface area contributed by atoms with Crippen molar-refractivity contribution in [2.75, 3.05) is 24.4 Å². The van der Waals surface area contributed by atoms with Crippen molar-refractivity contribution in [1.29, 1.82) is 0 Å². The first kappa shape index (κ1) is 13.7. The Kier molecular flexibility index (Phi) is 4.09. The summed E-state index contributed by atoms with van der Waals surface area (Å²) < 4.78 is 0. The summed E-state index contributed by atoms with van der Waals surface area (Å²) in [4.78, 5) is 15.9. The average molecular weight is 272 g/mol. The average Bonchev–Trinajstić information content (AvgIpc) is 2.43. The molecule has 7 nitrogen and oxygen atoms in total. The van der Waals surface area contributed by atoms with Crippen LogP contribution in [0.25, 0.3) is 0 Å². The second-order valence-electron chi connectivity index (χ2n) is 4.44. The molecule has 104 valence electrons. The summed E-state index contributed by atoms with van der Waals surface area (Å²) in [6.07, 6.45) is 1.64. The zero-order valence-corrected chi connectivity index (χ0v) is 11.6. The third kappa shape index (κ3) is 3.41. The summed E-state index contributed by atoms with van der Waals surface area (Å²) >= 11 is 0. The van der Waals surface area contributed by atoms with E-state index >= 15 is 0 Å². The Morgan fingerprint density at radius 2 is 1.95 bits per heavy atom. The number of aryl methyl sites for hydroxylation is 1. The fourth-order valence-corrected chi connectivity index (χ4v) is 1.47. The fraction of sp³-hybridized carbons (Fsp3) is 0.231. The van der Waals surface area contributed by atoms with Gasteiger partial charge in [0.15, 0.2) is 0 Å². The van der Waals surface area contributed by atoms with Gasteiger partial charge in [-0.05, 0) is 24.6 Å². The molecule has 0 saturated carbocycles. The van der Waals surface area contributed by atoms with E-state index < -0.39 is 0 Å². The van der Waals surface area contributed by atoms with Gasteiger partial charge in [-0.2, -0.15) is 5.10 Å². The van der Waals surface area contributed by atoms with Crippen molar-refractivity contribution < 1.29 is 0 Å². The highest BCUT2D eigenvalue weighted by molar-refractivity contribution is 5.80. The van der Waals surface area contributed by atoms with Crippen LogP contribution in [0.1, 0.15) is 11.3 Å². The number of aromatic nitrogens is 3. The van der Waals surface area contributed by atoms with Crippen molar-refractivity contribution in [3.8, 4) is 0 Å². The van der Waals surface area contributed by atoms with E-state index in [0.717, 1.165) is 11.3 Å². The summed E-state index contributed by atoms with van der Waals surface area (Å²) in [5.41, 5.74) is 4.71. The third-order valence-electron chi connectivity index (χ3n) is 2.65. The first-order valence-corrected chi connectivity index (χ1v) is 6.06. The Morgan fingerprint density at radius 3 is 2.55 bits per heavy atom. The Hall–Kier alpha value is -2.70. The number of nitrogens with one attached hydrogen (secondary N) is 2. The first-order chi connectivity index (χ1) is 9.56. The van der Waals surface area contributed by atoms with Crippen LogP contribution < -0.4 is 15.9 Å². The van der Waals surface area contributed by atoms with Crippen molar-refractivity contribution in [2.24, 2.45) is 5.10 Å². The molecule has 0 bridgehead atoms. The number of nitrogens with zero attached hydrogens (tertiary/aromatic N) is 4. The minimum atomic E-state index is -0.284. The van der Waals surface area contributed by atoms with E-state index in [-0.39, 0.29) is 11.5 Å². The number of hydrazone groups is 1. The van der Waals surface area contributed by atoms with E-state index in [1.165, 1.54) is 0 Å². The molecular formula is C13H16N6O. The van der Waals surface area contributed by atoms with Gasteiger partial charge in [-0.15, -0.1) is 10.2 Å². The van der Waals surface area contributed by atoms with Crippen LogP contribution in [0.2, 0.25) is 0 Å². The molecule has 2 N–H and O–H groups in total. The number of H-pyrrole nitrogens is 1. The normalized spacial score (nSPS) is 10.8. The molecule has 0 fully saturated rings. The maximum atomic E-state index is 11.3. The Labute approximate surface area is 116 Å².